The van der Waals surface area contributed by atoms with Crippen LogP contribution in [0, 0.1) is 0 Å². The maximum absolute atomic E-state index is 9.37. The lowest BCUT2D eigenvalue weighted by molar-refractivity contribution is 0.283. The molecule has 3 rings (SSSR count). The van der Waals surface area contributed by atoms with E-state index in [1.54, 1.807) is 7.11 Å². The molecule has 1 heterocycles. The number of ether oxygens (including phenoxy) is 1. The van der Waals surface area contributed by atoms with Crippen LogP contribution in [0.15, 0.2) is 59.0 Å². The van der Waals surface area contributed by atoms with Gasteiger partial charge in [0.1, 0.15) is 30.2 Å². The minimum atomic E-state index is 0.117. The molecule has 0 saturated carbocycles. The van der Waals surface area contributed by atoms with E-state index in [4.69, 9.17) is 9.15 Å². The van der Waals surface area contributed by atoms with Gasteiger partial charge in [0.15, 0.2) is 6.54 Å². The average molecular weight is 324 g/mol. The van der Waals surface area contributed by atoms with Crippen molar-refractivity contribution in [1.82, 2.24) is 4.58 Å². The summed E-state index contributed by atoms with van der Waals surface area (Å²) >= 11 is 0. The van der Waals surface area contributed by atoms with Crippen LogP contribution in [0.2, 0.25) is 0 Å². The third-order valence-corrected chi connectivity index (χ3v) is 4.12. The molecule has 0 aliphatic carbocycles. The van der Waals surface area contributed by atoms with Crippen molar-refractivity contribution in [3.63, 3.8) is 0 Å². The first kappa shape index (κ1) is 16.3. The molecule has 0 radical (unpaired) electrons. The van der Waals surface area contributed by atoms with E-state index >= 15 is 0 Å². The number of rotatable bonds is 5. The zero-order chi connectivity index (χ0) is 16.9. The fourth-order valence-electron chi connectivity index (χ4n) is 2.85. The number of methoxy groups -OCH3 is 1. The Morgan fingerprint density at radius 2 is 1.83 bits per heavy atom. The number of aliphatic hydroxyl groups excluding tert-OH is 1. The van der Waals surface area contributed by atoms with Crippen LogP contribution in [0.4, 0.5) is 0 Å². The standard InChI is InChI=1S/C20H22NO3/c1-3-21(12-13-22)18-14-20(15-8-10-16(23-2)11-9-15)24-19-7-5-4-6-17(18)19/h4-11,14,22H,3,12-13H2,1-2H3/q+1. The molecule has 3 aromatic rings. The number of likely N-dealkylation sites (N-methyl/N-ethyl adjacent to an activating group) is 1. The number of benzene rings is 2. The fourth-order valence-corrected chi connectivity index (χ4v) is 2.85. The van der Waals surface area contributed by atoms with E-state index < -0.39 is 0 Å². The maximum Gasteiger partial charge on any atom is 0.214 e. The zero-order valence-corrected chi connectivity index (χ0v) is 14.0. The summed E-state index contributed by atoms with van der Waals surface area (Å²) in [6.07, 6.45) is 0. The van der Waals surface area contributed by atoms with Crippen LogP contribution in [-0.2, 0) is 0 Å². The van der Waals surface area contributed by atoms with Crippen LogP contribution in [-0.4, -0.2) is 31.9 Å². The predicted octanol–water partition coefficient (Wildman–Crippen LogP) is 2.89. The zero-order valence-electron chi connectivity index (χ0n) is 14.0. The lowest BCUT2D eigenvalue weighted by Crippen LogP contribution is -2.32. The van der Waals surface area contributed by atoms with Crippen LogP contribution in [0.3, 0.4) is 0 Å². The largest absolute Gasteiger partial charge is 0.497 e. The van der Waals surface area contributed by atoms with E-state index in [1.807, 2.05) is 54.6 Å². The Morgan fingerprint density at radius 1 is 1.08 bits per heavy atom. The first-order chi connectivity index (χ1) is 11.8. The molecule has 0 amide bonds. The Kier molecular flexibility index (Phi) is 4.96. The van der Waals surface area contributed by atoms with Gasteiger partial charge in [0.05, 0.1) is 18.6 Å². The third-order valence-electron chi connectivity index (χ3n) is 4.12. The van der Waals surface area contributed by atoms with Gasteiger partial charge in [-0.05, 0) is 43.3 Å². The van der Waals surface area contributed by atoms with Gasteiger partial charge in [0.25, 0.3) is 0 Å². The highest BCUT2D eigenvalue weighted by molar-refractivity contribution is 5.78. The minimum Gasteiger partial charge on any atom is -0.497 e. The molecule has 0 fully saturated rings. The van der Waals surface area contributed by atoms with Crippen LogP contribution in [0.25, 0.3) is 22.3 Å². The molecule has 24 heavy (non-hydrogen) atoms. The third kappa shape index (κ3) is 3.19. The molecular weight excluding hydrogens is 302 g/mol. The number of fused-ring (bicyclic) bond motifs is 1. The Morgan fingerprint density at radius 3 is 2.50 bits per heavy atom. The molecule has 0 saturated heterocycles. The Balaban J connectivity index is 2.26. The minimum absolute atomic E-state index is 0.117. The van der Waals surface area contributed by atoms with Gasteiger partial charge in [-0.2, -0.15) is 0 Å². The Labute approximate surface area is 141 Å². The number of hydrogen-bond acceptors (Lipinski definition) is 3. The average Bonchev–Trinajstić information content (AvgIpc) is 2.65. The van der Waals surface area contributed by atoms with Crippen molar-refractivity contribution in [2.45, 2.75) is 6.92 Å². The molecule has 4 nitrogen and oxygen atoms in total. The highest BCUT2D eigenvalue weighted by Gasteiger charge is 2.12. The van der Waals surface area contributed by atoms with E-state index in [1.165, 1.54) is 0 Å². The maximum atomic E-state index is 9.37. The lowest BCUT2D eigenvalue weighted by Gasteiger charge is -2.06. The second-order valence-electron chi connectivity index (χ2n) is 5.52. The van der Waals surface area contributed by atoms with Crippen LogP contribution >= 0.6 is 0 Å². The summed E-state index contributed by atoms with van der Waals surface area (Å²) in [4.78, 5) is 0. The van der Waals surface area contributed by atoms with Gasteiger partial charge in [-0.15, -0.1) is 0 Å². The summed E-state index contributed by atoms with van der Waals surface area (Å²) in [6, 6.07) is 17.8. The Bertz CT molecular complexity index is 895. The summed E-state index contributed by atoms with van der Waals surface area (Å²) in [5, 5.41) is 11.5. The van der Waals surface area contributed by atoms with E-state index in [9.17, 15) is 5.11 Å². The number of aliphatic hydroxyl groups is 1. The summed E-state index contributed by atoms with van der Waals surface area (Å²) in [7, 11) is 1.65. The van der Waals surface area contributed by atoms with Crippen molar-refractivity contribution in [2.24, 2.45) is 0 Å². The van der Waals surface area contributed by atoms with E-state index in [2.05, 4.69) is 11.5 Å². The SMILES string of the molecule is CC[N+](CCO)=c1cc(-c2ccc(OC)cc2)oc2ccccc12. The second-order valence-corrected chi connectivity index (χ2v) is 5.52. The molecule has 0 atom stereocenters. The molecule has 0 aliphatic heterocycles. The van der Waals surface area contributed by atoms with Crippen LogP contribution < -0.4 is 14.7 Å². The molecule has 1 aromatic heterocycles. The lowest BCUT2D eigenvalue weighted by atomic mass is 10.1. The second kappa shape index (κ2) is 7.32. The molecule has 2 aromatic carbocycles. The summed E-state index contributed by atoms with van der Waals surface area (Å²) in [5.74, 6) is 1.61. The van der Waals surface area contributed by atoms with Gasteiger partial charge in [-0.1, -0.05) is 12.1 Å². The van der Waals surface area contributed by atoms with Crippen LogP contribution in [0.5, 0.6) is 5.75 Å². The first-order valence-electron chi connectivity index (χ1n) is 8.13. The van der Waals surface area contributed by atoms with Gasteiger partial charge in [0.2, 0.25) is 5.36 Å². The van der Waals surface area contributed by atoms with Gasteiger partial charge in [-0.3, -0.25) is 0 Å². The number of para-hydroxylation sites is 1. The number of hydrogen-bond donors (Lipinski definition) is 1. The monoisotopic (exact) mass is 324 g/mol. The van der Waals surface area contributed by atoms with E-state index in [-0.39, 0.29) is 6.61 Å². The number of nitrogens with zero attached hydrogens (tertiary/aromatic N) is 1. The Hall–Kier alpha value is -2.59. The summed E-state index contributed by atoms with van der Waals surface area (Å²) < 4.78 is 13.5. The van der Waals surface area contributed by atoms with E-state index in [0.29, 0.717) is 6.54 Å². The highest BCUT2D eigenvalue weighted by atomic mass is 16.5. The molecule has 124 valence electrons. The fraction of sp³-hybridized carbons (Fsp3) is 0.250. The molecular formula is C20H22NO3+. The van der Waals surface area contributed by atoms with Gasteiger partial charge >= 0.3 is 0 Å². The van der Waals surface area contributed by atoms with Crippen LogP contribution in [0.1, 0.15) is 6.92 Å². The van der Waals surface area contributed by atoms with Crippen molar-refractivity contribution >= 4 is 11.0 Å². The summed E-state index contributed by atoms with van der Waals surface area (Å²) in [6.45, 7) is 3.61. The topological polar surface area (TPSA) is 45.6 Å². The van der Waals surface area contributed by atoms with Gasteiger partial charge < -0.3 is 14.3 Å². The smallest absolute Gasteiger partial charge is 0.214 e. The van der Waals surface area contributed by atoms with Gasteiger partial charge in [-0.25, -0.2) is 4.58 Å². The predicted molar refractivity (Wildman–Crippen MR) is 96.0 cm³/mol. The first-order valence-corrected chi connectivity index (χ1v) is 8.13. The van der Waals surface area contributed by atoms with Crippen molar-refractivity contribution in [3.05, 3.63) is 60.0 Å². The van der Waals surface area contributed by atoms with Crippen molar-refractivity contribution in [1.29, 1.82) is 0 Å². The van der Waals surface area contributed by atoms with Crippen molar-refractivity contribution in [3.8, 4) is 17.1 Å². The molecule has 0 spiro atoms. The molecule has 0 aliphatic rings. The van der Waals surface area contributed by atoms with E-state index in [0.717, 1.165) is 39.9 Å². The summed E-state index contributed by atoms with van der Waals surface area (Å²) in [5.41, 5.74) is 1.82. The van der Waals surface area contributed by atoms with Crippen molar-refractivity contribution in [2.75, 3.05) is 26.8 Å². The normalized spacial score (nSPS) is 12.3. The molecule has 0 bridgehead atoms. The quantitative estimate of drug-likeness (QED) is 0.734. The molecule has 0 unspecified atom stereocenters. The van der Waals surface area contributed by atoms with Crippen molar-refractivity contribution < 1.29 is 14.3 Å². The highest BCUT2D eigenvalue weighted by Crippen LogP contribution is 2.24. The molecule has 4 heteroatoms. The molecule has 1 N–H and O–H groups in total. The van der Waals surface area contributed by atoms with Gasteiger partial charge in [0, 0.05) is 5.56 Å².